The van der Waals surface area contributed by atoms with Gasteiger partial charge in [0.1, 0.15) is 11.9 Å². The molecule has 4 nitrogen and oxygen atoms in total. The Morgan fingerprint density at radius 2 is 1.96 bits per heavy atom. The van der Waals surface area contributed by atoms with Crippen LogP contribution in [-0.4, -0.2) is 41.3 Å². The minimum absolute atomic E-state index is 0.0912. The van der Waals surface area contributed by atoms with E-state index >= 15 is 0 Å². The molecule has 128 valence electrons. The fraction of sp³-hybridized carbons (Fsp3) is 0.412. The molecule has 2 atom stereocenters. The summed E-state index contributed by atoms with van der Waals surface area (Å²) in [5.41, 5.74) is 0.624. The van der Waals surface area contributed by atoms with Crippen LogP contribution in [0, 0.1) is 0 Å². The first-order valence-electron chi connectivity index (χ1n) is 7.90. The van der Waals surface area contributed by atoms with E-state index in [1.54, 1.807) is 18.3 Å². The molecule has 1 fully saturated rings. The monoisotopic (exact) mass is 336 g/mol. The molecule has 1 saturated heterocycles. The highest BCUT2D eigenvalue weighted by Gasteiger charge is 2.41. The first-order valence-corrected chi connectivity index (χ1v) is 7.90. The van der Waals surface area contributed by atoms with Crippen molar-refractivity contribution in [3.8, 4) is 0 Å². The maximum atomic E-state index is 13.4. The van der Waals surface area contributed by atoms with Gasteiger partial charge in [-0.3, -0.25) is 4.98 Å². The third-order valence-corrected chi connectivity index (χ3v) is 4.18. The quantitative estimate of drug-likeness (QED) is 0.912. The standard InChI is InChI=1S/C17H19F3N4/c18-17(19,20)15(11-13-4-8-21-9-5-13)23-14-6-10-24(12-14)16-3-1-2-7-22-16/h1-5,7-9,14-15,23H,6,10-12H2/t14-,15-/m1/s1. The van der Waals surface area contributed by atoms with Crippen LogP contribution < -0.4 is 10.2 Å². The SMILES string of the molecule is FC(F)(F)[C@@H](Cc1ccncc1)N[C@@H]1CCN(c2ccccn2)C1. The van der Waals surface area contributed by atoms with Gasteiger partial charge in [-0.25, -0.2) is 4.98 Å². The molecule has 7 heteroatoms. The number of nitrogens with zero attached hydrogens (tertiary/aromatic N) is 3. The summed E-state index contributed by atoms with van der Waals surface area (Å²) >= 11 is 0. The average molecular weight is 336 g/mol. The molecule has 1 N–H and O–H groups in total. The minimum Gasteiger partial charge on any atom is -0.355 e. The van der Waals surface area contributed by atoms with Crippen LogP contribution in [-0.2, 0) is 6.42 Å². The summed E-state index contributed by atoms with van der Waals surface area (Å²) in [7, 11) is 0. The highest BCUT2D eigenvalue weighted by molar-refractivity contribution is 5.39. The van der Waals surface area contributed by atoms with Crippen molar-refractivity contribution in [1.82, 2.24) is 15.3 Å². The lowest BCUT2D eigenvalue weighted by molar-refractivity contribution is -0.157. The summed E-state index contributed by atoms with van der Waals surface area (Å²) in [4.78, 5) is 10.1. The van der Waals surface area contributed by atoms with E-state index in [2.05, 4.69) is 15.3 Å². The second-order valence-electron chi connectivity index (χ2n) is 5.94. The van der Waals surface area contributed by atoms with E-state index < -0.39 is 12.2 Å². The number of alkyl halides is 3. The number of anilines is 1. The van der Waals surface area contributed by atoms with Crippen molar-refractivity contribution in [3.63, 3.8) is 0 Å². The van der Waals surface area contributed by atoms with Gasteiger partial charge in [0.15, 0.2) is 0 Å². The van der Waals surface area contributed by atoms with Crippen LogP contribution in [0.15, 0.2) is 48.9 Å². The number of hydrogen-bond acceptors (Lipinski definition) is 4. The summed E-state index contributed by atoms with van der Waals surface area (Å²) in [6.07, 6.45) is 1.01. The average Bonchev–Trinajstić information content (AvgIpc) is 3.04. The normalized spacial score (nSPS) is 19.5. The van der Waals surface area contributed by atoms with E-state index in [-0.39, 0.29) is 12.5 Å². The van der Waals surface area contributed by atoms with Crippen LogP contribution in [0.4, 0.5) is 19.0 Å². The first kappa shape index (κ1) is 16.7. The fourth-order valence-corrected chi connectivity index (χ4v) is 2.95. The Morgan fingerprint density at radius 3 is 2.62 bits per heavy atom. The molecule has 3 rings (SSSR count). The third kappa shape index (κ3) is 4.23. The molecule has 0 bridgehead atoms. The summed E-state index contributed by atoms with van der Waals surface area (Å²) in [6, 6.07) is 7.05. The molecule has 2 aromatic heterocycles. The van der Waals surface area contributed by atoms with Gasteiger partial charge >= 0.3 is 6.18 Å². The number of aromatic nitrogens is 2. The summed E-state index contributed by atoms with van der Waals surface area (Å²) in [5, 5.41) is 2.79. The topological polar surface area (TPSA) is 41.1 Å². The largest absolute Gasteiger partial charge is 0.404 e. The van der Waals surface area contributed by atoms with Gasteiger partial charge in [-0.1, -0.05) is 6.07 Å². The predicted octanol–water partition coefficient (Wildman–Crippen LogP) is 2.82. The van der Waals surface area contributed by atoms with Gasteiger partial charge in [-0.2, -0.15) is 13.2 Å². The molecular formula is C17H19F3N4. The molecular weight excluding hydrogens is 317 g/mol. The molecule has 0 radical (unpaired) electrons. The van der Waals surface area contributed by atoms with Gasteiger partial charge in [-0.15, -0.1) is 0 Å². The van der Waals surface area contributed by atoms with Crippen LogP contribution in [0.2, 0.25) is 0 Å². The number of rotatable bonds is 5. The number of halogens is 3. The molecule has 24 heavy (non-hydrogen) atoms. The van der Waals surface area contributed by atoms with Crippen molar-refractivity contribution in [2.45, 2.75) is 31.1 Å². The van der Waals surface area contributed by atoms with Crippen LogP contribution in [0.5, 0.6) is 0 Å². The van der Waals surface area contributed by atoms with Gasteiger partial charge < -0.3 is 10.2 Å². The van der Waals surface area contributed by atoms with E-state index in [1.165, 1.54) is 12.4 Å². The number of pyridine rings is 2. The molecule has 0 unspecified atom stereocenters. The van der Waals surface area contributed by atoms with Gasteiger partial charge in [0.2, 0.25) is 0 Å². The zero-order valence-corrected chi connectivity index (χ0v) is 13.1. The summed E-state index contributed by atoms with van der Waals surface area (Å²) < 4.78 is 40.1. The van der Waals surface area contributed by atoms with Crippen molar-refractivity contribution >= 4 is 5.82 Å². The third-order valence-electron chi connectivity index (χ3n) is 4.18. The molecule has 0 aliphatic carbocycles. The maximum Gasteiger partial charge on any atom is 0.404 e. The number of hydrogen-bond donors (Lipinski definition) is 1. The van der Waals surface area contributed by atoms with Crippen LogP contribution >= 0.6 is 0 Å². The van der Waals surface area contributed by atoms with Crippen molar-refractivity contribution in [2.24, 2.45) is 0 Å². The maximum absolute atomic E-state index is 13.4. The lowest BCUT2D eigenvalue weighted by Crippen LogP contribution is -2.49. The molecule has 2 aromatic rings. The zero-order valence-electron chi connectivity index (χ0n) is 13.1. The Labute approximate surface area is 138 Å². The van der Waals surface area contributed by atoms with E-state index in [0.717, 1.165) is 5.82 Å². The molecule has 1 aliphatic heterocycles. The summed E-state index contributed by atoms with van der Waals surface area (Å²) in [5.74, 6) is 0.805. The zero-order chi connectivity index (χ0) is 17.0. The Morgan fingerprint density at radius 1 is 1.17 bits per heavy atom. The fourth-order valence-electron chi connectivity index (χ4n) is 2.95. The molecule has 0 saturated carbocycles. The highest BCUT2D eigenvalue weighted by Crippen LogP contribution is 2.25. The van der Waals surface area contributed by atoms with Gasteiger partial charge in [-0.05, 0) is 42.7 Å². The first-order chi connectivity index (χ1) is 11.5. The highest BCUT2D eigenvalue weighted by atomic mass is 19.4. The smallest absolute Gasteiger partial charge is 0.355 e. The van der Waals surface area contributed by atoms with Crippen molar-refractivity contribution in [1.29, 1.82) is 0 Å². The van der Waals surface area contributed by atoms with Gasteiger partial charge in [0.25, 0.3) is 0 Å². The predicted molar refractivity (Wildman–Crippen MR) is 85.8 cm³/mol. The molecule has 0 spiro atoms. The number of nitrogens with one attached hydrogen (secondary N) is 1. The lowest BCUT2D eigenvalue weighted by Gasteiger charge is -2.26. The Kier molecular flexibility index (Phi) is 4.99. The van der Waals surface area contributed by atoms with Crippen molar-refractivity contribution < 1.29 is 13.2 Å². The minimum atomic E-state index is -4.29. The molecule has 0 amide bonds. The Bertz CT molecular complexity index is 633. The van der Waals surface area contributed by atoms with Gasteiger partial charge in [0, 0.05) is 37.7 Å². The van der Waals surface area contributed by atoms with E-state index in [0.29, 0.717) is 25.1 Å². The molecule has 1 aliphatic rings. The molecule has 0 aromatic carbocycles. The van der Waals surface area contributed by atoms with Crippen LogP contribution in [0.25, 0.3) is 0 Å². The Balaban J connectivity index is 1.63. The van der Waals surface area contributed by atoms with E-state index in [4.69, 9.17) is 0 Å². The van der Waals surface area contributed by atoms with E-state index in [9.17, 15) is 13.2 Å². The van der Waals surface area contributed by atoms with Crippen molar-refractivity contribution in [2.75, 3.05) is 18.0 Å². The summed E-state index contributed by atoms with van der Waals surface area (Å²) in [6.45, 7) is 1.23. The van der Waals surface area contributed by atoms with Crippen LogP contribution in [0.1, 0.15) is 12.0 Å². The van der Waals surface area contributed by atoms with Crippen molar-refractivity contribution in [3.05, 3.63) is 54.5 Å². The Hall–Kier alpha value is -2.15. The van der Waals surface area contributed by atoms with E-state index in [1.807, 2.05) is 23.1 Å². The second-order valence-corrected chi connectivity index (χ2v) is 5.94. The second kappa shape index (κ2) is 7.17. The lowest BCUT2D eigenvalue weighted by atomic mass is 10.1. The van der Waals surface area contributed by atoms with Gasteiger partial charge in [0.05, 0.1) is 0 Å². The molecule has 3 heterocycles. The van der Waals surface area contributed by atoms with Crippen LogP contribution in [0.3, 0.4) is 0 Å².